The van der Waals surface area contributed by atoms with Gasteiger partial charge in [-0.25, -0.2) is 4.39 Å². The highest BCUT2D eigenvalue weighted by Crippen LogP contribution is 2.35. The Labute approximate surface area is 116 Å². The number of nitrogens with two attached hydrogens (primary N) is 1. The summed E-state index contributed by atoms with van der Waals surface area (Å²) in [4.78, 5) is 1.93. The van der Waals surface area contributed by atoms with Gasteiger partial charge in [0.15, 0.2) is 0 Å². The van der Waals surface area contributed by atoms with E-state index in [1.165, 1.54) is 23.9 Å². The molecule has 0 unspecified atom stereocenters. The lowest BCUT2D eigenvalue weighted by molar-refractivity contribution is 0.278. The molecule has 0 spiro atoms. The number of aryl methyl sites for hydroxylation is 1. The van der Waals surface area contributed by atoms with Gasteiger partial charge in [0, 0.05) is 16.3 Å². The van der Waals surface area contributed by atoms with Gasteiger partial charge < -0.3 is 10.8 Å². The van der Waals surface area contributed by atoms with Crippen molar-refractivity contribution in [2.45, 2.75) is 29.9 Å². The summed E-state index contributed by atoms with van der Waals surface area (Å²) in [7, 11) is 0. The molecule has 0 aliphatic carbocycles. The van der Waals surface area contributed by atoms with E-state index in [1.807, 2.05) is 25.1 Å². The first kappa shape index (κ1) is 14.1. The van der Waals surface area contributed by atoms with E-state index >= 15 is 0 Å². The zero-order valence-electron chi connectivity index (χ0n) is 10.7. The Morgan fingerprint density at radius 3 is 2.68 bits per heavy atom. The third kappa shape index (κ3) is 3.15. The van der Waals surface area contributed by atoms with Crippen LogP contribution in [-0.2, 0) is 13.2 Å². The Balaban J connectivity index is 2.41. The minimum absolute atomic E-state index is 0.177. The summed E-state index contributed by atoms with van der Waals surface area (Å²) < 4.78 is 13.2. The minimum Gasteiger partial charge on any atom is -0.392 e. The molecule has 0 saturated carbocycles. The first-order chi connectivity index (χ1) is 9.15. The highest BCUT2D eigenvalue weighted by molar-refractivity contribution is 7.99. The fourth-order valence-corrected chi connectivity index (χ4v) is 3.02. The summed E-state index contributed by atoms with van der Waals surface area (Å²) >= 11 is 1.52. The van der Waals surface area contributed by atoms with E-state index < -0.39 is 0 Å². The Morgan fingerprint density at radius 2 is 2.00 bits per heavy atom. The maximum atomic E-state index is 13.2. The lowest BCUT2D eigenvalue weighted by Crippen LogP contribution is -2.00. The van der Waals surface area contributed by atoms with Gasteiger partial charge in [0.05, 0.1) is 6.61 Å². The van der Waals surface area contributed by atoms with Gasteiger partial charge in [-0.1, -0.05) is 30.0 Å². The molecule has 4 heteroatoms. The molecule has 0 fully saturated rings. The molecule has 0 saturated heterocycles. The summed E-state index contributed by atoms with van der Waals surface area (Å²) in [5.74, 6) is -0.336. The van der Waals surface area contributed by atoms with Crippen LogP contribution < -0.4 is 5.73 Å². The summed E-state index contributed by atoms with van der Waals surface area (Å²) in [6, 6.07) is 10.4. The van der Waals surface area contributed by atoms with E-state index in [0.29, 0.717) is 12.1 Å². The number of aliphatic hydroxyl groups is 1. The number of halogens is 1. The number of benzene rings is 2. The molecule has 0 heterocycles. The van der Waals surface area contributed by atoms with Crippen LogP contribution in [0.15, 0.2) is 46.2 Å². The van der Waals surface area contributed by atoms with Crippen molar-refractivity contribution in [1.29, 1.82) is 0 Å². The lowest BCUT2D eigenvalue weighted by atomic mass is 10.1. The molecular weight excluding hydrogens is 261 g/mol. The SMILES string of the molecule is Cc1cccc(CN)c1Sc1ccc(F)cc1CO. The third-order valence-corrected chi connectivity index (χ3v) is 4.32. The van der Waals surface area contributed by atoms with Gasteiger partial charge in [0.25, 0.3) is 0 Å². The molecule has 2 aromatic carbocycles. The monoisotopic (exact) mass is 277 g/mol. The molecule has 0 atom stereocenters. The molecule has 0 aromatic heterocycles. The van der Waals surface area contributed by atoms with E-state index in [-0.39, 0.29) is 12.4 Å². The molecule has 2 aromatic rings. The largest absolute Gasteiger partial charge is 0.392 e. The highest BCUT2D eigenvalue weighted by atomic mass is 32.2. The average molecular weight is 277 g/mol. The van der Waals surface area contributed by atoms with Gasteiger partial charge in [-0.2, -0.15) is 0 Å². The van der Waals surface area contributed by atoms with Crippen molar-refractivity contribution in [1.82, 2.24) is 0 Å². The molecule has 19 heavy (non-hydrogen) atoms. The van der Waals surface area contributed by atoms with Crippen molar-refractivity contribution in [3.8, 4) is 0 Å². The highest BCUT2D eigenvalue weighted by Gasteiger charge is 2.10. The van der Waals surface area contributed by atoms with Crippen LogP contribution in [0, 0.1) is 12.7 Å². The van der Waals surface area contributed by atoms with E-state index in [1.54, 1.807) is 6.07 Å². The van der Waals surface area contributed by atoms with Crippen LogP contribution in [0.25, 0.3) is 0 Å². The summed E-state index contributed by atoms with van der Waals surface area (Å²) in [6.07, 6.45) is 0. The number of hydrogen-bond donors (Lipinski definition) is 2. The van der Waals surface area contributed by atoms with Crippen molar-refractivity contribution in [3.05, 3.63) is 58.9 Å². The molecule has 0 amide bonds. The summed E-state index contributed by atoms with van der Waals surface area (Å²) in [6.45, 7) is 2.30. The fourth-order valence-electron chi connectivity index (χ4n) is 1.90. The second-order valence-corrected chi connectivity index (χ2v) is 5.33. The van der Waals surface area contributed by atoms with Crippen LogP contribution in [-0.4, -0.2) is 5.11 Å². The van der Waals surface area contributed by atoms with E-state index in [9.17, 15) is 9.50 Å². The third-order valence-electron chi connectivity index (χ3n) is 2.92. The van der Waals surface area contributed by atoms with Gasteiger partial charge in [-0.05, 0) is 41.8 Å². The number of aliphatic hydroxyl groups excluding tert-OH is 1. The number of rotatable bonds is 4. The summed E-state index contributed by atoms with van der Waals surface area (Å²) in [5, 5.41) is 9.31. The van der Waals surface area contributed by atoms with E-state index in [2.05, 4.69) is 0 Å². The minimum atomic E-state index is -0.336. The van der Waals surface area contributed by atoms with Gasteiger partial charge in [0.2, 0.25) is 0 Å². The Bertz CT molecular complexity index is 586. The first-order valence-electron chi connectivity index (χ1n) is 6.01. The van der Waals surface area contributed by atoms with Crippen LogP contribution in [0.3, 0.4) is 0 Å². The van der Waals surface area contributed by atoms with Crippen molar-refractivity contribution in [2.24, 2.45) is 5.73 Å². The van der Waals surface area contributed by atoms with Crippen molar-refractivity contribution in [3.63, 3.8) is 0 Å². The molecule has 3 N–H and O–H groups in total. The fraction of sp³-hybridized carbons (Fsp3) is 0.200. The molecule has 0 aliphatic rings. The van der Waals surface area contributed by atoms with Gasteiger partial charge in [-0.3, -0.25) is 0 Å². The Morgan fingerprint density at radius 1 is 1.21 bits per heavy atom. The zero-order chi connectivity index (χ0) is 13.8. The first-order valence-corrected chi connectivity index (χ1v) is 6.83. The van der Waals surface area contributed by atoms with Crippen molar-refractivity contribution >= 4 is 11.8 Å². The van der Waals surface area contributed by atoms with Crippen LogP contribution in [0.2, 0.25) is 0 Å². The maximum absolute atomic E-state index is 13.2. The molecular formula is C15H16FNOS. The Hall–Kier alpha value is -1.36. The van der Waals surface area contributed by atoms with Crippen LogP contribution >= 0.6 is 11.8 Å². The summed E-state index contributed by atoms with van der Waals surface area (Å²) in [5.41, 5.74) is 8.52. The van der Waals surface area contributed by atoms with E-state index in [0.717, 1.165) is 20.9 Å². The zero-order valence-corrected chi connectivity index (χ0v) is 11.5. The van der Waals surface area contributed by atoms with Gasteiger partial charge >= 0.3 is 0 Å². The Kier molecular flexibility index (Phi) is 4.58. The normalized spacial score (nSPS) is 10.7. The quantitative estimate of drug-likeness (QED) is 0.902. The molecule has 2 rings (SSSR count). The lowest BCUT2D eigenvalue weighted by Gasteiger charge is -2.13. The molecule has 0 aliphatic heterocycles. The molecule has 2 nitrogen and oxygen atoms in total. The molecule has 100 valence electrons. The van der Waals surface area contributed by atoms with Crippen LogP contribution in [0.4, 0.5) is 4.39 Å². The smallest absolute Gasteiger partial charge is 0.123 e. The average Bonchev–Trinajstić information content (AvgIpc) is 2.42. The number of hydrogen-bond acceptors (Lipinski definition) is 3. The molecule has 0 radical (unpaired) electrons. The predicted molar refractivity (Wildman–Crippen MR) is 75.5 cm³/mol. The second kappa shape index (κ2) is 6.19. The van der Waals surface area contributed by atoms with Gasteiger partial charge in [-0.15, -0.1) is 0 Å². The van der Waals surface area contributed by atoms with Crippen molar-refractivity contribution < 1.29 is 9.50 Å². The maximum Gasteiger partial charge on any atom is 0.123 e. The van der Waals surface area contributed by atoms with Crippen molar-refractivity contribution in [2.75, 3.05) is 0 Å². The van der Waals surface area contributed by atoms with E-state index in [4.69, 9.17) is 5.73 Å². The predicted octanol–water partition coefficient (Wildman–Crippen LogP) is 3.24. The topological polar surface area (TPSA) is 46.2 Å². The van der Waals surface area contributed by atoms with Crippen LogP contribution in [0.1, 0.15) is 16.7 Å². The standard InChI is InChI=1S/C15H16FNOS/c1-10-3-2-4-11(8-17)15(10)19-14-6-5-13(16)7-12(14)9-18/h2-7,18H,8-9,17H2,1H3. The molecule has 0 bridgehead atoms. The second-order valence-electron chi connectivity index (χ2n) is 4.28. The van der Waals surface area contributed by atoms with Crippen LogP contribution in [0.5, 0.6) is 0 Å². The van der Waals surface area contributed by atoms with Gasteiger partial charge in [0.1, 0.15) is 5.82 Å².